The van der Waals surface area contributed by atoms with Gasteiger partial charge in [0, 0.05) is 13.1 Å². The number of amides is 3. The number of hydrogen-bond donors (Lipinski definition) is 1. The van der Waals surface area contributed by atoms with Crippen LogP contribution in [0.4, 0.5) is 4.79 Å². The lowest BCUT2D eigenvalue weighted by molar-refractivity contribution is -0.125. The van der Waals surface area contributed by atoms with Gasteiger partial charge in [0.1, 0.15) is 0 Å². The predicted octanol–water partition coefficient (Wildman–Crippen LogP) is 4.08. The minimum atomic E-state index is -0.303. The van der Waals surface area contributed by atoms with Crippen LogP contribution in [-0.4, -0.2) is 35.0 Å². The predicted molar refractivity (Wildman–Crippen MR) is 112 cm³/mol. The molecule has 3 rings (SSSR count). The first-order valence-electron chi connectivity index (χ1n) is 9.45. The Morgan fingerprint density at radius 1 is 1.21 bits per heavy atom. The largest absolute Gasteiger partial charge is 0.354 e. The number of allylic oxidation sites excluding steroid dienone is 2. The van der Waals surface area contributed by atoms with Crippen molar-refractivity contribution in [1.82, 2.24) is 10.2 Å². The van der Waals surface area contributed by atoms with Crippen LogP contribution in [0.1, 0.15) is 33.3 Å². The Morgan fingerprint density at radius 3 is 2.54 bits per heavy atom. The van der Waals surface area contributed by atoms with Gasteiger partial charge in [0.15, 0.2) is 0 Å². The van der Waals surface area contributed by atoms with Gasteiger partial charge in [0.05, 0.1) is 10.8 Å². The molecule has 0 aromatic heterocycles. The summed E-state index contributed by atoms with van der Waals surface area (Å²) in [4.78, 5) is 38.8. The maximum Gasteiger partial charge on any atom is 0.293 e. The summed E-state index contributed by atoms with van der Waals surface area (Å²) in [5, 5.41) is 2.60. The highest BCUT2D eigenvalue weighted by Gasteiger charge is 2.60. The molecule has 1 aliphatic heterocycles. The molecule has 1 aliphatic carbocycles. The van der Waals surface area contributed by atoms with Crippen LogP contribution in [0, 0.1) is 17.3 Å². The highest BCUT2D eigenvalue weighted by molar-refractivity contribution is 8.18. The maximum atomic E-state index is 12.5. The number of nitrogens with zero attached hydrogens (tertiary/aromatic N) is 1. The van der Waals surface area contributed by atoms with E-state index in [0.29, 0.717) is 4.91 Å². The molecule has 2 fully saturated rings. The van der Waals surface area contributed by atoms with Crippen LogP contribution in [0.5, 0.6) is 0 Å². The Labute approximate surface area is 170 Å². The first kappa shape index (κ1) is 20.4. The first-order chi connectivity index (χ1) is 13.2. The van der Waals surface area contributed by atoms with Crippen LogP contribution in [-0.2, 0) is 9.59 Å². The maximum absolute atomic E-state index is 12.5. The molecule has 3 amide bonds. The van der Waals surface area contributed by atoms with Crippen molar-refractivity contribution in [3.63, 3.8) is 0 Å². The molecule has 0 bridgehead atoms. The van der Waals surface area contributed by atoms with E-state index in [9.17, 15) is 14.4 Å². The van der Waals surface area contributed by atoms with Crippen molar-refractivity contribution in [3.8, 4) is 0 Å². The Hall–Kier alpha value is -2.34. The van der Waals surface area contributed by atoms with Gasteiger partial charge in [0.2, 0.25) is 5.91 Å². The van der Waals surface area contributed by atoms with Crippen molar-refractivity contribution in [2.24, 2.45) is 17.3 Å². The Balaban J connectivity index is 1.55. The van der Waals surface area contributed by atoms with Crippen molar-refractivity contribution in [3.05, 3.63) is 52.4 Å². The molecule has 1 aromatic rings. The zero-order valence-electron chi connectivity index (χ0n) is 16.7. The van der Waals surface area contributed by atoms with E-state index < -0.39 is 0 Å². The third-order valence-electron chi connectivity index (χ3n) is 5.31. The topological polar surface area (TPSA) is 66.5 Å². The molecular weight excluding hydrogens is 372 g/mol. The van der Waals surface area contributed by atoms with Crippen molar-refractivity contribution in [1.29, 1.82) is 0 Å². The van der Waals surface area contributed by atoms with Crippen molar-refractivity contribution in [2.75, 3.05) is 13.1 Å². The third kappa shape index (κ3) is 4.22. The van der Waals surface area contributed by atoms with Gasteiger partial charge >= 0.3 is 0 Å². The number of rotatable bonds is 6. The standard InChI is InChI=1S/C22H26N2O3S/c1-14(2)12-16-18(22(16,3)4)19(25)23-10-11-24-20(26)17(28-21(24)27)13-15-8-6-5-7-9-15/h5-9,12-13,16,18H,10-11H2,1-4H3,(H,23,25). The SMILES string of the molecule is CC(C)=CC1C(C(=O)NCCN2C(=O)SC(=Cc3ccccc3)C2=O)C1(C)C. The molecule has 148 valence electrons. The van der Waals surface area contributed by atoms with E-state index in [1.807, 2.05) is 44.2 Å². The van der Waals surface area contributed by atoms with Gasteiger partial charge in [-0.2, -0.15) is 0 Å². The van der Waals surface area contributed by atoms with Gasteiger partial charge in [-0.25, -0.2) is 0 Å². The number of imide groups is 1. The fraction of sp³-hybridized carbons (Fsp3) is 0.409. The summed E-state index contributed by atoms with van der Waals surface area (Å²) >= 11 is 0.939. The molecule has 28 heavy (non-hydrogen) atoms. The first-order valence-corrected chi connectivity index (χ1v) is 10.3. The highest BCUT2D eigenvalue weighted by Crippen LogP contribution is 2.59. The number of thioether (sulfide) groups is 1. The molecule has 6 heteroatoms. The summed E-state index contributed by atoms with van der Waals surface area (Å²) in [5.41, 5.74) is 2.03. The van der Waals surface area contributed by atoms with Gasteiger partial charge in [-0.3, -0.25) is 19.3 Å². The summed E-state index contributed by atoms with van der Waals surface area (Å²) < 4.78 is 0. The van der Waals surface area contributed by atoms with Crippen LogP contribution in [0.2, 0.25) is 0 Å². The molecule has 2 atom stereocenters. The summed E-state index contributed by atoms with van der Waals surface area (Å²) in [6.45, 7) is 8.70. The van der Waals surface area contributed by atoms with Crippen molar-refractivity contribution >= 4 is 34.9 Å². The number of hydrogen-bond acceptors (Lipinski definition) is 4. The van der Waals surface area contributed by atoms with Crippen LogP contribution < -0.4 is 5.32 Å². The van der Waals surface area contributed by atoms with Crippen molar-refractivity contribution < 1.29 is 14.4 Å². The molecule has 1 heterocycles. The van der Waals surface area contributed by atoms with Gasteiger partial charge in [0.25, 0.3) is 11.1 Å². The molecule has 0 radical (unpaired) electrons. The molecule has 2 unspecified atom stereocenters. The smallest absolute Gasteiger partial charge is 0.293 e. The Morgan fingerprint density at radius 2 is 1.89 bits per heavy atom. The summed E-state index contributed by atoms with van der Waals surface area (Å²) in [5.74, 6) is -0.139. The monoisotopic (exact) mass is 398 g/mol. The fourth-order valence-electron chi connectivity index (χ4n) is 3.64. The number of carbonyl (C=O) groups excluding carboxylic acids is 3. The number of nitrogens with one attached hydrogen (secondary N) is 1. The van der Waals surface area contributed by atoms with E-state index >= 15 is 0 Å². The third-order valence-corrected chi connectivity index (χ3v) is 6.22. The van der Waals surface area contributed by atoms with E-state index in [1.165, 1.54) is 10.5 Å². The molecule has 0 spiro atoms. The lowest BCUT2D eigenvalue weighted by Gasteiger charge is -2.13. The second-order valence-corrected chi connectivity index (χ2v) is 9.10. The average Bonchev–Trinajstić information content (AvgIpc) is 3.06. The summed E-state index contributed by atoms with van der Waals surface area (Å²) in [6, 6.07) is 9.43. The van der Waals surface area contributed by atoms with Crippen LogP contribution in [0.25, 0.3) is 6.08 Å². The molecule has 1 saturated carbocycles. The van der Waals surface area contributed by atoms with Gasteiger partial charge in [-0.1, -0.05) is 55.8 Å². The molecule has 5 nitrogen and oxygen atoms in total. The highest BCUT2D eigenvalue weighted by atomic mass is 32.2. The van der Waals surface area contributed by atoms with Crippen LogP contribution in [0.3, 0.4) is 0 Å². The van der Waals surface area contributed by atoms with Gasteiger partial charge in [-0.05, 0) is 48.6 Å². The van der Waals surface area contributed by atoms with Gasteiger partial charge < -0.3 is 5.32 Å². The van der Waals surface area contributed by atoms with E-state index in [-0.39, 0.29) is 47.4 Å². The zero-order valence-corrected chi connectivity index (χ0v) is 17.5. The number of benzene rings is 1. The quantitative estimate of drug-likeness (QED) is 0.579. The summed E-state index contributed by atoms with van der Waals surface area (Å²) in [7, 11) is 0. The second-order valence-electron chi connectivity index (χ2n) is 8.10. The average molecular weight is 399 g/mol. The van der Waals surface area contributed by atoms with E-state index in [1.54, 1.807) is 6.08 Å². The molecule has 2 aliphatic rings. The van der Waals surface area contributed by atoms with Crippen LogP contribution in [0.15, 0.2) is 46.9 Å². The summed E-state index contributed by atoms with van der Waals surface area (Å²) in [6.07, 6.45) is 3.87. The van der Waals surface area contributed by atoms with Crippen LogP contribution >= 0.6 is 11.8 Å². The zero-order chi connectivity index (χ0) is 20.5. The normalized spacial score (nSPS) is 24.4. The Kier molecular flexibility index (Phi) is 5.79. The van der Waals surface area contributed by atoms with E-state index in [4.69, 9.17) is 0 Å². The van der Waals surface area contributed by atoms with Crippen molar-refractivity contribution in [2.45, 2.75) is 27.7 Å². The lowest BCUT2D eigenvalue weighted by atomic mass is 10.1. The Bertz CT molecular complexity index is 854. The number of carbonyl (C=O) groups is 3. The van der Waals surface area contributed by atoms with Gasteiger partial charge in [-0.15, -0.1) is 0 Å². The lowest BCUT2D eigenvalue weighted by Crippen LogP contribution is -2.38. The molecular formula is C22H26N2O3S. The minimum absolute atomic E-state index is 0.0145. The molecule has 1 aromatic carbocycles. The van der Waals surface area contributed by atoms with E-state index in [2.05, 4.69) is 25.2 Å². The molecule has 1 N–H and O–H groups in total. The van der Waals surface area contributed by atoms with E-state index in [0.717, 1.165) is 17.3 Å². The second kappa shape index (κ2) is 7.95. The fourth-order valence-corrected chi connectivity index (χ4v) is 4.51. The minimum Gasteiger partial charge on any atom is -0.354 e. The molecule has 1 saturated heterocycles.